The third-order valence-corrected chi connectivity index (χ3v) is 4.44. The second-order valence-electron chi connectivity index (χ2n) is 5.76. The zero-order valence-corrected chi connectivity index (χ0v) is 11.5. The predicted molar refractivity (Wildman–Crippen MR) is 78.8 cm³/mol. The van der Waals surface area contributed by atoms with Crippen molar-refractivity contribution in [2.45, 2.75) is 44.1 Å². The number of aromatic nitrogens is 1. The fourth-order valence-corrected chi connectivity index (χ4v) is 3.66. The number of oxime groups is 1. The lowest BCUT2D eigenvalue weighted by Crippen LogP contribution is -2.48. The highest BCUT2D eigenvalue weighted by Gasteiger charge is 2.45. The van der Waals surface area contributed by atoms with E-state index in [2.05, 4.69) is 27.7 Å². The first-order valence-corrected chi connectivity index (χ1v) is 7.05. The summed E-state index contributed by atoms with van der Waals surface area (Å²) in [4.78, 5) is 6.78. The van der Waals surface area contributed by atoms with E-state index in [1.807, 2.05) is 12.3 Å². The molecule has 5 heteroatoms. The predicted octanol–water partition coefficient (Wildman–Crippen LogP) is 2.41. The Morgan fingerprint density at radius 2 is 2.25 bits per heavy atom. The number of nitrogens with two attached hydrogens (primary N) is 1. The minimum absolute atomic E-state index is 0.132. The second kappa shape index (κ2) is 4.81. The molecule has 0 spiro atoms. The first-order chi connectivity index (χ1) is 9.66. The van der Waals surface area contributed by atoms with E-state index in [4.69, 9.17) is 10.9 Å². The summed E-state index contributed by atoms with van der Waals surface area (Å²) >= 11 is 0. The molecule has 0 unspecified atom stereocenters. The van der Waals surface area contributed by atoms with Gasteiger partial charge in [0.1, 0.15) is 11.7 Å². The number of amidine groups is 1. The summed E-state index contributed by atoms with van der Waals surface area (Å²) in [5, 5.41) is 12.1. The van der Waals surface area contributed by atoms with Crippen molar-refractivity contribution in [1.29, 1.82) is 0 Å². The van der Waals surface area contributed by atoms with Gasteiger partial charge in [-0.25, -0.2) is 4.98 Å². The number of rotatable bonds is 3. The van der Waals surface area contributed by atoms with Gasteiger partial charge in [-0.1, -0.05) is 30.6 Å². The molecule has 0 amide bonds. The zero-order valence-electron chi connectivity index (χ0n) is 11.5. The van der Waals surface area contributed by atoms with Crippen molar-refractivity contribution < 1.29 is 5.21 Å². The van der Waals surface area contributed by atoms with Crippen LogP contribution in [-0.2, 0) is 6.42 Å². The maximum Gasteiger partial charge on any atom is 0.141 e. The molecule has 1 aromatic rings. The number of nitrogens with zero attached hydrogens (tertiary/aromatic N) is 3. The van der Waals surface area contributed by atoms with E-state index >= 15 is 0 Å². The van der Waals surface area contributed by atoms with Gasteiger partial charge in [-0.2, -0.15) is 0 Å². The summed E-state index contributed by atoms with van der Waals surface area (Å²) in [5.74, 6) is 1.27. The Hall–Kier alpha value is -2.04. The molecule has 20 heavy (non-hydrogen) atoms. The fourth-order valence-electron chi connectivity index (χ4n) is 3.66. The van der Waals surface area contributed by atoms with Crippen molar-refractivity contribution in [3.05, 3.63) is 36.2 Å². The van der Waals surface area contributed by atoms with Crippen LogP contribution in [0.2, 0.25) is 0 Å². The molecular weight excluding hydrogens is 252 g/mol. The quantitative estimate of drug-likeness (QED) is 0.383. The summed E-state index contributed by atoms with van der Waals surface area (Å²) < 4.78 is 0. The Bertz CT molecular complexity index is 561. The fraction of sp³-hybridized carbons (Fsp3) is 0.467. The highest BCUT2D eigenvalue weighted by molar-refractivity contribution is 5.82. The normalized spacial score (nSPS) is 21.3. The Morgan fingerprint density at radius 1 is 1.50 bits per heavy atom. The van der Waals surface area contributed by atoms with Gasteiger partial charge in [0.15, 0.2) is 0 Å². The summed E-state index contributed by atoms with van der Waals surface area (Å²) in [6.45, 7) is 4.22. The molecule has 3 rings (SSSR count). The molecule has 1 fully saturated rings. The SMILES string of the molecule is C=C1Cc2cccnc2N1C1(CC(N)=NO)CCCC1. The first kappa shape index (κ1) is 13.0. The van der Waals surface area contributed by atoms with Gasteiger partial charge >= 0.3 is 0 Å². The van der Waals surface area contributed by atoms with Crippen LogP contribution >= 0.6 is 0 Å². The van der Waals surface area contributed by atoms with Gasteiger partial charge in [0.25, 0.3) is 0 Å². The monoisotopic (exact) mass is 272 g/mol. The lowest BCUT2D eigenvalue weighted by atomic mass is 9.90. The van der Waals surface area contributed by atoms with Gasteiger partial charge in [-0.05, 0) is 18.9 Å². The molecule has 0 bridgehead atoms. The van der Waals surface area contributed by atoms with Crippen LogP contribution in [0, 0.1) is 0 Å². The number of fused-ring (bicyclic) bond motifs is 1. The van der Waals surface area contributed by atoms with Crippen molar-refractivity contribution in [3.63, 3.8) is 0 Å². The third kappa shape index (κ3) is 1.94. The molecule has 1 aromatic heterocycles. The number of allylic oxidation sites excluding steroid dienone is 1. The Labute approximate surface area is 118 Å². The molecule has 3 N–H and O–H groups in total. The lowest BCUT2D eigenvalue weighted by Gasteiger charge is -2.40. The first-order valence-electron chi connectivity index (χ1n) is 7.05. The van der Waals surface area contributed by atoms with E-state index in [9.17, 15) is 0 Å². The molecular formula is C15H20N4O. The zero-order chi connectivity index (χ0) is 14.2. The van der Waals surface area contributed by atoms with Gasteiger partial charge in [0.05, 0.1) is 5.54 Å². The summed E-state index contributed by atoms with van der Waals surface area (Å²) in [6.07, 6.45) is 7.57. The standard InChI is InChI=1S/C15H20N4O/c1-11-9-12-5-4-8-17-14(12)19(11)15(6-2-3-7-15)10-13(16)18-20/h4-5,8,20H,1-3,6-7,9-10H2,(H2,16,18). The second-order valence-corrected chi connectivity index (χ2v) is 5.76. The maximum atomic E-state index is 8.92. The third-order valence-electron chi connectivity index (χ3n) is 4.44. The highest BCUT2D eigenvalue weighted by atomic mass is 16.4. The average molecular weight is 272 g/mol. The van der Waals surface area contributed by atoms with Crippen LogP contribution in [0.5, 0.6) is 0 Å². The summed E-state index contributed by atoms with van der Waals surface area (Å²) in [5.41, 5.74) is 7.94. The van der Waals surface area contributed by atoms with Crippen LogP contribution in [0.4, 0.5) is 5.82 Å². The highest BCUT2D eigenvalue weighted by Crippen LogP contribution is 2.46. The smallest absolute Gasteiger partial charge is 0.141 e. The molecule has 5 nitrogen and oxygen atoms in total. The van der Waals surface area contributed by atoms with Gasteiger partial charge in [-0.15, -0.1) is 0 Å². The molecule has 1 saturated carbocycles. The van der Waals surface area contributed by atoms with Crippen LogP contribution in [0.3, 0.4) is 0 Å². The molecule has 0 atom stereocenters. The van der Waals surface area contributed by atoms with E-state index in [-0.39, 0.29) is 11.4 Å². The van der Waals surface area contributed by atoms with E-state index in [0.29, 0.717) is 6.42 Å². The molecule has 1 aliphatic carbocycles. The number of hydrogen-bond acceptors (Lipinski definition) is 4. The van der Waals surface area contributed by atoms with Crippen LogP contribution in [0.25, 0.3) is 0 Å². The van der Waals surface area contributed by atoms with E-state index in [1.54, 1.807) is 0 Å². The largest absolute Gasteiger partial charge is 0.409 e. The molecule has 106 valence electrons. The van der Waals surface area contributed by atoms with Crippen molar-refractivity contribution in [1.82, 2.24) is 4.98 Å². The van der Waals surface area contributed by atoms with E-state index in [0.717, 1.165) is 43.6 Å². The Balaban J connectivity index is 2.02. The molecule has 2 aliphatic rings. The Morgan fingerprint density at radius 3 is 2.95 bits per heavy atom. The topological polar surface area (TPSA) is 74.7 Å². The van der Waals surface area contributed by atoms with Crippen LogP contribution in [0.1, 0.15) is 37.7 Å². The van der Waals surface area contributed by atoms with Crippen LogP contribution < -0.4 is 10.6 Å². The summed E-state index contributed by atoms with van der Waals surface area (Å²) in [6, 6.07) is 4.06. The average Bonchev–Trinajstić information content (AvgIpc) is 3.02. The van der Waals surface area contributed by atoms with Crippen LogP contribution in [0.15, 0.2) is 35.8 Å². The number of anilines is 1. The van der Waals surface area contributed by atoms with Gasteiger partial charge in [0.2, 0.25) is 0 Å². The van der Waals surface area contributed by atoms with Crippen molar-refractivity contribution in [3.8, 4) is 0 Å². The lowest BCUT2D eigenvalue weighted by molar-refractivity contribution is 0.313. The van der Waals surface area contributed by atoms with Crippen molar-refractivity contribution in [2.24, 2.45) is 10.9 Å². The summed E-state index contributed by atoms with van der Waals surface area (Å²) in [7, 11) is 0. The maximum absolute atomic E-state index is 8.92. The van der Waals surface area contributed by atoms with Gasteiger partial charge in [-0.3, -0.25) is 0 Å². The van der Waals surface area contributed by atoms with E-state index in [1.165, 1.54) is 5.56 Å². The van der Waals surface area contributed by atoms with E-state index < -0.39 is 0 Å². The minimum Gasteiger partial charge on any atom is -0.409 e. The number of hydrogen-bond donors (Lipinski definition) is 2. The molecule has 0 aromatic carbocycles. The van der Waals surface area contributed by atoms with Crippen LogP contribution in [-0.4, -0.2) is 21.6 Å². The molecule has 1 aliphatic heterocycles. The van der Waals surface area contributed by atoms with Gasteiger partial charge < -0.3 is 15.8 Å². The Kier molecular flexibility index (Phi) is 3.12. The molecule has 2 heterocycles. The van der Waals surface area contributed by atoms with Crippen molar-refractivity contribution in [2.75, 3.05) is 4.90 Å². The molecule has 0 saturated heterocycles. The van der Waals surface area contributed by atoms with Gasteiger partial charge in [0, 0.05) is 30.3 Å². The minimum atomic E-state index is -0.132. The molecule has 0 radical (unpaired) electrons. The number of pyridine rings is 1. The van der Waals surface area contributed by atoms with Crippen molar-refractivity contribution >= 4 is 11.7 Å².